The second-order valence-corrected chi connectivity index (χ2v) is 7.30. The SMILES string of the molecule is Cc1ccc(F)cc1S(=O)(=O)NCCc1c[nH]c2ccc(F)cc12. The van der Waals surface area contributed by atoms with Crippen LogP contribution in [0.2, 0.25) is 0 Å². The van der Waals surface area contributed by atoms with E-state index in [1.807, 2.05) is 0 Å². The first kappa shape index (κ1) is 16.6. The Morgan fingerprint density at radius 3 is 2.58 bits per heavy atom. The van der Waals surface area contributed by atoms with Crippen LogP contribution < -0.4 is 4.72 Å². The van der Waals surface area contributed by atoms with E-state index in [1.165, 1.54) is 24.3 Å². The Balaban J connectivity index is 1.75. The molecule has 0 atom stereocenters. The van der Waals surface area contributed by atoms with Crippen molar-refractivity contribution < 1.29 is 17.2 Å². The number of nitrogens with one attached hydrogen (secondary N) is 2. The summed E-state index contributed by atoms with van der Waals surface area (Å²) in [4.78, 5) is 2.94. The molecule has 0 radical (unpaired) electrons. The number of sulfonamides is 1. The summed E-state index contributed by atoms with van der Waals surface area (Å²) in [6.45, 7) is 1.73. The molecular weight excluding hydrogens is 334 g/mol. The lowest BCUT2D eigenvalue weighted by atomic mass is 10.1. The number of aromatic amines is 1. The van der Waals surface area contributed by atoms with Crippen LogP contribution in [0.25, 0.3) is 10.9 Å². The molecule has 1 aromatic heterocycles. The molecule has 1 heterocycles. The first-order valence-corrected chi connectivity index (χ1v) is 8.86. The smallest absolute Gasteiger partial charge is 0.240 e. The van der Waals surface area contributed by atoms with Gasteiger partial charge >= 0.3 is 0 Å². The minimum absolute atomic E-state index is 0.0764. The minimum Gasteiger partial charge on any atom is -0.361 e. The summed E-state index contributed by atoms with van der Waals surface area (Å²) in [5.41, 5.74) is 2.07. The summed E-state index contributed by atoms with van der Waals surface area (Å²) in [6, 6.07) is 8.04. The van der Waals surface area contributed by atoms with Crippen molar-refractivity contribution in [1.29, 1.82) is 0 Å². The number of hydrogen-bond donors (Lipinski definition) is 2. The van der Waals surface area contributed by atoms with Crippen molar-refractivity contribution in [3.8, 4) is 0 Å². The number of hydrogen-bond acceptors (Lipinski definition) is 2. The number of halogens is 2. The van der Waals surface area contributed by atoms with Crippen LogP contribution in [-0.4, -0.2) is 19.9 Å². The van der Waals surface area contributed by atoms with Crippen LogP contribution in [0.1, 0.15) is 11.1 Å². The number of H-pyrrole nitrogens is 1. The van der Waals surface area contributed by atoms with Crippen molar-refractivity contribution in [2.45, 2.75) is 18.2 Å². The van der Waals surface area contributed by atoms with E-state index in [0.717, 1.165) is 22.5 Å². The van der Waals surface area contributed by atoms with Crippen molar-refractivity contribution >= 4 is 20.9 Å². The molecule has 0 unspecified atom stereocenters. The molecular formula is C17H16F2N2O2S. The van der Waals surface area contributed by atoms with E-state index in [9.17, 15) is 17.2 Å². The molecule has 3 rings (SSSR count). The molecule has 0 saturated carbocycles. The Bertz CT molecular complexity index is 997. The van der Waals surface area contributed by atoms with Crippen molar-refractivity contribution in [1.82, 2.24) is 9.71 Å². The zero-order valence-corrected chi connectivity index (χ0v) is 13.8. The molecule has 0 fully saturated rings. The Labute approximate surface area is 138 Å². The van der Waals surface area contributed by atoms with Crippen molar-refractivity contribution in [3.05, 3.63) is 65.4 Å². The number of aromatic nitrogens is 1. The molecule has 0 bridgehead atoms. The van der Waals surface area contributed by atoms with E-state index in [2.05, 4.69) is 9.71 Å². The van der Waals surface area contributed by atoms with Crippen LogP contribution in [0, 0.1) is 18.6 Å². The highest BCUT2D eigenvalue weighted by atomic mass is 32.2. The van der Waals surface area contributed by atoms with E-state index in [0.29, 0.717) is 12.0 Å². The van der Waals surface area contributed by atoms with E-state index in [4.69, 9.17) is 0 Å². The molecule has 126 valence electrons. The summed E-state index contributed by atoms with van der Waals surface area (Å²) in [7, 11) is -3.80. The number of aryl methyl sites for hydroxylation is 1. The molecule has 2 N–H and O–H groups in total. The molecule has 4 nitrogen and oxygen atoms in total. The molecule has 2 aromatic carbocycles. The summed E-state index contributed by atoms with van der Waals surface area (Å²) in [5.74, 6) is -0.951. The minimum atomic E-state index is -3.80. The molecule has 7 heteroatoms. The zero-order chi connectivity index (χ0) is 17.3. The number of fused-ring (bicyclic) bond motifs is 1. The molecule has 24 heavy (non-hydrogen) atoms. The zero-order valence-electron chi connectivity index (χ0n) is 12.9. The van der Waals surface area contributed by atoms with Crippen LogP contribution in [0.4, 0.5) is 8.78 Å². The Kier molecular flexibility index (Phi) is 4.38. The highest BCUT2D eigenvalue weighted by Gasteiger charge is 2.17. The predicted octanol–water partition coefficient (Wildman–Crippen LogP) is 3.28. The van der Waals surface area contributed by atoms with E-state index < -0.39 is 15.8 Å². The van der Waals surface area contributed by atoms with E-state index in [-0.39, 0.29) is 17.3 Å². The van der Waals surface area contributed by atoms with Crippen LogP contribution in [-0.2, 0) is 16.4 Å². The molecule has 0 aliphatic rings. The average molecular weight is 350 g/mol. The molecule has 0 spiro atoms. The summed E-state index contributed by atoms with van der Waals surface area (Å²) < 4.78 is 53.7. The van der Waals surface area contributed by atoms with Gasteiger partial charge in [-0.15, -0.1) is 0 Å². The average Bonchev–Trinajstić information content (AvgIpc) is 2.92. The van der Waals surface area contributed by atoms with Gasteiger partial charge in [0.2, 0.25) is 10.0 Å². The van der Waals surface area contributed by atoms with Crippen molar-refractivity contribution in [2.75, 3.05) is 6.54 Å². The Hall–Kier alpha value is -2.25. The summed E-state index contributed by atoms with van der Waals surface area (Å²) in [6.07, 6.45) is 2.11. The van der Waals surface area contributed by atoms with Gasteiger partial charge in [0.05, 0.1) is 4.90 Å². The maximum atomic E-state index is 13.3. The van der Waals surface area contributed by atoms with Crippen LogP contribution >= 0.6 is 0 Å². The topological polar surface area (TPSA) is 62.0 Å². The lowest BCUT2D eigenvalue weighted by molar-refractivity contribution is 0.576. The number of rotatable bonds is 5. The fraction of sp³-hybridized carbons (Fsp3) is 0.176. The van der Waals surface area contributed by atoms with Crippen LogP contribution in [0.3, 0.4) is 0 Å². The van der Waals surface area contributed by atoms with Gasteiger partial charge in [0, 0.05) is 23.6 Å². The van der Waals surface area contributed by atoms with Crippen LogP contribution in [0.15, 0.2) is 47.5 Å². The van der Waals surface area contributed by atoms with Gasteiger partial charge in [-0.1, -0.05) is 6.07 Å². The highest BCUT2D eigenvalue weighted by molar-refractivity contribution is 7.89. The maximum absolute atomic E-state index is 13.3. The predicted molar refractivity (Wildman–Crippen MR) is 88.3 cm³/mol. The normalized spacial score (nSPS) is 12.0. The van der Waals surface area contributed by atoms with Gasteiger partial charge in [0.25, 0.3) is 0 Å². The fourth-order valence-electron chi connectivity index (χ4n) is 2.62. The van der Waals surface area contributed by atoms with E-state index in [1.54, 1.807) is 19.2 Å². The van der Waals surface area contributed by atoms with Gasteiger partial charge in [-0.05, 0) is 54.8 Å². The lowest BCUT2D eigenvalue weighted by Gasteiger charge is -2.09. The van der Waals surface area contributed by atoms with Crippen LogP contribution in [0.5, 0.6) is 0 Å². The standard InChI is InChI=1S/C17H16F2N2O2S/c1-11-2-3-14(19)9-17(11)24(22,23)21-7-6-12-10-20-16-5-4-13(18)8-15(12)16/h2-5,8-10,20-21H,6-7H2,1H3. The first-order chi connectivity index (χ1) is 11.4. The molecule has 0 aliphatic heterocycles. The van der Waals surface area contributed by atoms with Gasteiger partial charge in [-0.25, -0.2) is 21.9 Å². The van der Waals surface area contributed by atoms with Gasteiger partial charge in [0.15, 0.2) is 0 Å². The summed E-state index contributed by atoms with van der Waals surface area (Å²) >= 11 is 0. The third-order valence-electron chi connectivity index (χ3n) is 3.86. The third-order valence-corrected chi connectivity index (χ3v) is 5.46. The largest absolute Gasteiger partial charge is 0.361 e. The Morgan fingerprint density at radius 2 is 1.79 bits per heavy atom. The second kappa shape index (κ2) is 6.33. The van der Waals surface area contributed by atoms with Gasteiger partial charge in [-0.2, -0.15) is 0 Å². The fourth-order valence-corrected chi connectivity index (χ4v) is 3.90. The molecule has 3 aromatic rings. The van der Waals surface area contributed by atoms with E-state index >= 15 is 0 Å². The molecule has 0 aliphatic carbocycles. The molecule has 0 amide bonds. The van der Waals surface area contributed by atoms with Crippen molar-refractivity contribution in [3.63, 3.8) is 0 Å². The highest BCUT2D eigenvalue weighted by Crippen LogP contribution is 2.20. The Morgan fingerprint density at radius 1 is 1.08 bits per heavy atom. The van der Waals surface area contributed by atoms with Crippen molar-refractivity contribution in [2.24, 2.45) is 0 Å². The summed E-state index contributed by atoms with van der Waals surface area (Å²) in [5, 5.41) is 0.719. The third kappa shape index (κ3) is 3.32. The second-order valence-electron chi connectivity index (χ2n) is 5.56. The monoisotopic (exact) mass is 350 g/mol. The first-order valence-electron chi connectivity index (χ1n) is 7.38. The quantitative estimate of drug-likeness (QED) is 0.742. The molecule has 0 saturated heterocycles. The van der Waals surface area contributed by atoms with Gasteiger partial charge in [-0.3, -0.25) is 0 Å². The van der Waals surface area contributed by atoms with Gasteiger partial charge < -0.3 is 4.98 Å². The maximum Gasteiger partial charge on any atom is 0.240 e. The van der Waals surface area contributed by atoms with Gasteiger partial charge in [0.1, 0.15) is 11.6 Å². The lowest BCUT2D eigenvalue weighted by Crippen LogP contribution is -2.26. The number of benzene rings is 2.